The smallest absolute Gasteiger partial charge is 0.413 e. The Bertz CT molecular complexity index is 1650. The van der Waals surface area contributed by atoms with Crippen molar-refractivity contribution >= 4 is 17.7 Å². The van der Waals surface area contributed by atoms with Crippen molar-refractivity contribution in [2.45, 2.75) is 71.2 Å². The Morgan fingerprint density at radius 2 is 1.71 bits per heavy atom. The topological polar surface area (TPSA) is 135 Å². The molecule has 0 radical (unpaired) electrons. The lowest BCUT2D eigenvalue weighted by Gasteiger charge is -2.41. The number of piperidine rings is 1. The molecule has 300 valence electrons. The van der Waals surface area contributed by atoms with Gasteiger partial charge in [-0.15, -0.1) is 0 Å². The van der Waals surface area contributed by atoms with E-state index < -0.39 is 36.5 Å². The van der Waals surface area contributed by atoms with Gasteiger partial charge in [0, 0.05) is 45.1 Å². The zero-order valence-electron chi connectivity index (χ0n) is 32.6. The molecule has 2 aliphatic heterocycles. The Labute approximate surface area is 324 Å². The highest BCUT2D eigenvalue weighted by Crippen LogP contribution is 2.35. The normalized spacial score (nSPS) is 18.6. The maximum atomic E-state index is 13.3. The Morgan fingerprint density at radius 3 is 2.47 bits per heavy atom. The highest BCUT2D eigenvalue weighted by atomic mass is 16.7. The molecule has 1 saturated heterocycles. The molecule has 1 unspecified atom stereocenters. The van der Waals surface area contributed by atoms with Gasteiger partial charge in [-0.1, -0.05) is 50.2 Å². The minimum Gasteiger partial charge on any atom is -0.496 e. The summed E-state index contributed by atoms with van der Waals surface area (Å²) < 4.78 is 45.7. The van der Waals surface area contributed by atoms with Crippen LogP contribution in [0.3, 0.4) is 0 Å². The molecule has 55 heavy (non-hydrogen) atoms. The first-order chi connectivity index (χ1) is 26.7. The Morgan fingerprint density at radius 1 is 0.909 bits per heavy atom. The first kappa shape index (κ1) is 41.6. The van der Waals surface area contributed by atoms with Crippen LogP contribution in [0.25, 0.3) is 0 Å². The number of fused-ring (bicyclic) bond motifs is 1. The van der Waals surface area contributed by atoms with Gasteiger partial charge >= 0.3 is 12.1 Å². The number of ether oxygens (including phenoxy) is 8. The van der Waals surface area contributed by atoms with Gasteiger partial charge in [-0.25, -0.2) is 4.79 Å². The van der Waals surface area contributed by atoms with Crippen LogP contribution in [0.15, 0.2) is 66.7 Å². The highest BCUT2D eigenvalue weighted by Gasteiger charge is 2.40. The standard InChI is InChI=1S/C42H56N2O11/c1-29(2)41(46)54-30(3)55-42(47)44-25-36(45)40(32-13-15-34(16-14-32)51-22-9-21-50-28-33-10-6-7-11-37(33)49-5)39(26-44)53-27-31-12-17-38-35(24-31)43(19-23-52-38)18-8-20-48-4/h6-7,10-17,24,29-30,36,39-40,45H,8-9,18-23,25-28H2,1-5H3/t30?,36-,39+,40+/m1/s1. The molecular weight excluding hydrogens is 708 g/mol. The summed E-state index contributed by atoms with van der Waals surface area (Å²) in [7, 11) is 3.35. The van der Waals surface area contributed by atoms with Gasteiger partial charge in [0.15, 0.2) is 0 Å². The summed E-state index contributed by atoms with van der Waals surface area (Å²) in [6.07, 6.45) is -1.77. The summed E-state index contributed by atoms with van der Waals surface area (Å²) in [5, 5.41) is 11.6. The van der Waals surface area contributed by atoms with Crippen LogP contribution in [0.4, 0.5) is 10.5 Å². The molecule has 2 heterocycles. The van der Waals surface area contributed by atoms with E-state index in [2.05, 4.69) is 11.0 Å². The predicted molar refractivity (Wildman–Crippen MR) is 206 cm³/mol. The first-order valence-corrected chi connectivity index (χ1v) is 19.0. The van der Waals surface area contributed by atoms with E-state index >= 15 is 0 Å². The number of β-amino-alcohol motifs (C(OH)–C–C–N with tert-alkyl or cyclic N) is 1. The third-order valence-corrected chi connectivity index (χ3v) is 9.54. The number of aliphatic hydroxyl groups excluding tert-OH is 1. The number of hydrogen-bond acceptors (Lipinski definition) is 12. The number of carbonyl (C=O) groups excluding carboxylic acids is 2. The van der Waals surface area contributed by atoms with E-state index in [9.17, 15) is 14.7 Å². The molecule has 1 N–H and O–H groups in total. The van der Waals surface area contributed by atoms with Gasteiger partial charge in [0.25, 0.3) is 0 Å². The van der Waals surface area contributed by atoms with Crippen LogP contribution >= 0.6 is 0 Å². The molecule has 5 rings (SSSR count). The minimum absolute atomic E-state index is 0.00787. The molecule has 0 spiro atoms. The van der Waals surface area contributed by atoms with Crippen LogP contribution in [0.2, 0.25) is 0 Å². The molecule has 13 nitrogen and oxygen atoms in total. The van der Waals surface area contributed by atoms with Crippen molar-refractivity contribution in [1.29, 1.82) is 0 Å². The van der Waals surface area contributed by atoms with Crippen molar-refractivity contribution in [1.82, 2.24) is 4.90 Å². The lowest BCUT2D eigenvalue weighted by atomic mass is 9.84. The summed E-state index contributed by atoms with van der Waals surface area (Å²) in [6.45, 7) is 9.65. The third kappa shape index (κ3) is 12.0. The van der Waals surface area contributed by atoms with Gasteiger partial charge < -0.3 is 52.8 Å². The molecule has 1 amide bonds. The number of benzene rings is 3. The Kier molecular flexibility index (Phi) is 15.8. The van der Waals surface area contributed by atoms with Crippen molar-refractivity contribution in [2.24, 2.45) is 5.92 Å². The summed E-state index contributed by atoms with van der Waals surface area (Å²) in [5.41, 5.74) is 3.77. The predicted octanol–water partition coefficient (Wildman–Crippen LogP) is 5.94. The maximum absolute atomic E-state index is 13.3. The van der Waals surface area contributed by atoms with Crippen molar-refractivity contribution in [3.8, 4) is 17.2 Å². The molecule has 0 aliphatic carbocycles. The lowest BCUT2D eigenvalue weighted by molar-refractivity contribution is -0.171. The average molecular weight is 765 g/mol. The van der Waals surface area contributed by atoms with Gasteiger partial charge in [-0.3, -0.25) is 4.79 Å². The number of hydrogen-bond donors (Lipinski definition) is 1. The molecular formula is C42H56N2O11. The fourth-order valence-electron chi connectivity index (χ4n) is 6.66. The van der Waals surface area contributed by atoms with Crippen LogP contribution in [-0.4, -0.2) is 107 Å². The number of methoxy groups -OCH3 is 2. The quantitative estimate of drug-likeness (QED) is 0.0880. The van der Waals surface area contributed by atoms with Crippen molar-refractivity contribution in [3.63, 3.8) is 0 Å². The van der Waals surface area contributed by atoms with E-state index in [0.29, 0.717) is 45.2 Å². The number of esters is 1. The number of carbonyl (C=O) groups is 2. The third-order valence-electron chi connectivity index (χ3n) is 9.54. The van der Waals surface area contributed by atoms with Gasteiger partial charge in [-0.2, -0.15) is 0 Å². The molecule has 13 heteroatoms. The maximum Gasteiger partial charge on any atom is 0.413 e. The second-order valence-corrected chi connectivity index (χ2v) is 14.0. The number of nitrogens with zero attached hydrogens (tertiary/aromatic N) is 2. The number of rotatable bonds is 19. The van der Waals surface area contributed by atoms with Crippen LogP contribution in [0, 0.1) is 5.92 Å². The highest BCUT2D eigenvalue weighted by molar-refractivity contribution is 5.72. The van der Waals surface area contributed by atoms with E-state index in [1.54, 1.807) is 28.1 Å². The van der Waals surface area contributed by atoms with Crippen LogP contribution in [0.5, 0.6) is 17.2 Å². The van der Waals surface area contributed by atoms with Gasteiger partial charge in [0.05, 0.1) is 77.0 Å². The zero-order chi connectivity index (χ0) is 39.2. The average Bonchev–Trinajstić information content (AvgIpc) is 3.18. The number of para-hydroxylation sites is 1. The van der Waals surface area contributed by atoms with Gasteiger partial charge in [0.2, 0.25) is 6.29 Å². The molecule has 0 saturated carbocycles. The lowest BCUT2D eigenvalue weighted by Crippen LogP contribution is -2.54. The molecule has 0 aromatic heterocycles. The van der Waals surface area contributed by atoms with E-state index in [0.717, 1.165) is 53.4 Å². The Hall–Kier alpha value is -4.56. The second-order valence-electron chi connectivity index (χ2n) is 14.0. The zero-order valence-corrected chi connectivity index (χ0v) is 32.6. The van der Waals surface area contributed by atoms with Crippen LogP contribution < -0.4 is 19.1 Å². The fraction of sp³-hybridized carbons (Fsp3) is 0.524. The molecule has 2 aliphatic rings. The number of aliphatic hydroxyl groups is 1. The van der Waals surface area contributed by atoms with Crippen LogP contribution in [-0.2, 0) is 41.7 Å². The van der Waals surface area contributed by atoms with Crippen molar-refractivity contribution < 1.29 is 52.6 Å². The molecule has 0 bridgehead atoms. The van der Waals surface area contributed by atoms with Crippen molar-refractivity contribution in [3.05, 3.63) is 83.4 Å². The Balaban J connectivity index is 1.23. The van der Waals surface area contributed by atoms with E-state index in [1.807, 2.05) is 60.7 Å². The fourth-order valence-corrected chi connectivity index (χ4v) is 6.66. The molecule has 3 aromatic carbocycles. The summed E-state index contributed by atoms with van der Waals surface area (Å²) in [6, 6.07) is 21.4. The monoisotopic (exact) mass is 764 g/mol. The summed E-state index contributed by atoms with van der Waals surface area (Å²) >= 11 is 0. The van der Waals surface area contributed by atoms with Crippen LogP contribution in [0.1, 0.15) is 56.2 Å². The second kappa shape index (κ2) is 20.9. The number of anilines is 1. The van der Waals surface area contributed by atoms with Gasteiger partial charge in [-0.05, 0) is 47.9 Å². The molecule has 3 aromatic rings. The molecule has 4 atom stereocenters. The largest absolute Gasteiger partial charge is 0.496 e. The number of likely N-dealkylation sites (tertiary alicyclic amines) is 1. The van der Waals surface area contributed by atoms with E-state index in [4.69, 9.17) is 37.9 Å². The first-order valence-electron chi connectivity index (χ1n) is 19.0. The minimum atomic E-state index is -1.09. The SMILES string of the molecule is COCCCN1CCOc2ccc(CO[C@H]3CN(C(=O)OC(C)OC(=O)C(C)C)C[C@@H](O)[C@@H]3c3ccc(OCCCOCc4ccccc4OC)cc3)cc21. The van der Waals surface area contributed by atoms with E-state index in [-0.39, 0.29) is 25.6 Å². The van der Waals surface area contributed by atoms with E-state index in [1.165, 1.54) is 11.8 Å². The van der Waals surface area contributed by atoms with Gasteiger partial charge in [0.1, 0.15) is 23.9 Å². The van der Waals surface area contributed by atoms with Crippen molar-refractivity contribution in [2.75, 3.05) is 71.7 Å². The summed E-state index contributed by atoms with van der Waals surface area (Å²) in [4.78, 5) is 29.0. The molecule has 1 fully saturated rings. The summed E-state index contributed by atoms with van der Waals surface area (Å²) in [5.74, 6) is 1.02. The number of amides is 1.